The monoisotopic (exact) mass is 375 g/mol. The van der Waals surface area contributed by atoms with E-state index < -0.39 is 5.09 Å². The van der Waals surface area contributed by atoms with E-state index in [1.54, 1.807) is 0 Å². The normalized spacial score (nSPS) is 16.1. The van der Waals surface area contributed by atoms with E-state index in [2.05, 4.69) is 4.84 Å². The summed E-state index contributed by atoms with van der Waals surface area (Å²) in [6.45, 7) is 6.06. The average Bonchev–Trinajstić information content (AvgIpc) is 3.21. The maximum absolute atomic E-state index is 11.3. The number of fused-ring (bicyclic) bond motifs is 1. The topological polar surface area (TPSA) is 101 Å². The van der Waals surface area contributed by atoms with Crippen molar-refractivity contribution in [2.24, 2.45) is 0 Å². The van der Waals surface area contributed by atoms with Crippen LogP contribution in [0.1, 0.15) is 36.8 Å². The molecular formula is C19H21NO7. The second kappa shape index (κ2) is 7.79. The number of hydrogen-bond donors (Lipinski definition) is 0. The first-order valence-electron chi connectivity index (χ1n) is 8.66. The second-order valence-electron chi connectivity index (χ2n) is 6.48. The van der Waals surface area contributed by atoms with E-state index in [1.165, 1.54) is 6.08 Å². The average molecular weight is 375 g/mol. The Hall–Kier alpha value is -2.87. The number of furan rings is 1. The Kier molecular flexibility index (Phi) is 5.46. The summed E-state index contributed by atoms with van der Waals surface area (Å²) in [5, 5.41) is 11.3. The van der Waals surface area contributed by atoms with Gasteiger partial charge in [-0.05, 0) is 25.5 Å². The van der Waals surface area contributed by atoms with Gasteiger partial charge >= 0.3 is 5.97 Å². The molecule has 8 nitrogen and oxygen atoms in total. The molecule has 1 aliphatic heterocycles. The lowest BCUT2D eigenvalue weighted by Gasteiger charge is -2.19. The van der Waals surface area contributed by atoms with E-state index in [1.807, 2.05) is 39.0 Å². The van der Waals surface area contributed by atoms with Gasteiger partial charge in [0, 0.05) is 28.3 Å². The molecule has 1 aliphatic rings. The molecule has 0 amide bonds. The van der Waals surface area contributed by atoms with Crippen LogP contribution in [-0.2, 0) is 19.1 Å². The van der Waals surface area contributed by atoms with Gasteiger partial charge in [0.15, 0.2) is 0 Å². The van der Waals surface area contributed by atoms with Crippen LogP contribution in [0.2, 0.25) is 0 Å². The standard InChI is InChI=1S/C19H21NO7/c1-11(12(2)24-6-7-26-20(22)23)19-16-5-4-14(8-17(16)13(3)27-19)15-9-18(21)25-10-15/h4-5,8-9,11-12H,6-7,10H2,1-3H3. The van der Waals surface area contributed by atoms with Gasteiger partial charge in [-0.3, -0.25) is 0 Å². The molecule has 0 aliphatic carbocycles. The van der Waals surface area contributed by atoms with Crippen molar-refractivity contribution >= 4 is 22.3 Å². The fraction of sp³-hybridized carbons (Fsp3) is 0.421. The van der Waals surface area contributed by atoms with Gasteiger partial charge in [-0.15, -0.1) is 10.1 Å². The summed E-state index contributed by atoms with van der Waals surface area (Å²) in [6.07, 6.45) is 1.29. The van der Waals surface area contributed by atoms with E-state index in [4.69, 9.17) is 13.9 Å². The SMILES string of the molecule is Cc1oc(C(C)C(C)OCCO[N+](=O)[O-])c2ccc(C3=CC(=O)OC3)cc12. The number of cyclic esters (lactones) is 1. The van der Waals surface area contributed by atoms with Gasteiger partial charge in [0.2, 0.25) is 0 Å². The fourth-order valence-corrected chi connectivity index (χ4v) is 3.11. The van der Waals surface area contributed by atoms with Crippen LogP contribution >= 0.6 is 0 Å². The Morgan fingerprint density at radius 2 is 2.04 bits per heavy atom. The zero-order chi connectivity index (χ0) is 19.6. The van der Waals surface area contributed by atoms with Gasteiger partial charge in [-0.1, -0.05) is 19.1 Å². The maximum atomic E-state index is 11.3. The summed E-state index contributed by atoms with van der Waals surface area (Å²) in [4.78, 5) is 25.7. The summed E-state index contributed by atoms with van der Waals surface area (Å²) in [5.41, 5.74) is 1.78. The number of nitrogens with zero attached hydrogens (tertiary/aromatic N) is 1. The zero-order valence-corrected chi connectivity index (χ0v) is 15.4. The Balaban J connectivity index is 1.77. The first-order chi connectivity index (χ1) is 12.9. The summed E-state index contributed by atoms with van der Waals surface area (Å²) in [6, 6.07) is 5.91. The molecule has 27 heavy (non-hydrogen) atoms. The highest BCUT2D eigenvalue weighted by Gasteiger charge is 2.23. The van der Waals surface area contributed by atoms with Crippen molar-refractivity contribution in [1.29, 1.82) is 0 Å². The minimum Gasteiger partial charge on any atom is -0.465 e. The molecule has 1 aromatic heterocycles. The summed E-state index contributed by atoms with van der Waals surface area (Å²) in [5.74, 6) is 1.20. The Morgan fingerprint density at radius 3 is 2.70 bits per heavy atom. The van der Waals surface area contributed by atoms with Gasteiger partial charge in [-0.25, -0.2) is 4.79 Å². The Bertz CT molecular complexity index is 899. The molecule has 0 N–H and O–H groups in total. The molecule has 0 bridgehead atoms. The quantitative estimate of drug-likeness (QED) is 0.302. The smallest absolute Gasteiger partial charge is 0.331 e. The molecule has 0 fully saturated rings. The highest BCUT2D eigenvalue weighted by atomic mass is 17.0. The van der Waals surface area contributed by atoms with Gasteiger partial charge in [-0.2, -0.15) is 0 Å². The molecule has 1 aromatic carbocycles. The highest BCUT2D eigenvalue weighted by molar-refractivity contribution is 5.98. The third-order valence-corrected chi connectivity index (χ3v) is 4.74. The number of carbonyl (C=O) groups excluding carboxylic acids is 1. The maximum Gasteiger partial charge on any atom is 0.331 e. The van der Waals surface area contributed by atoms with Crippen LogP contribution in [0.15, 0.2) is 28.7 Å². The van der Waals surface area contributed by atoms with Crippen molar-refractivity contribution in [3.63, 3.8) is 0 Å². The van der Waals surface area contributed by atoms with Gasteiger partial charge in [0.05, 0.1) is 12.7 Å². The summed E-state index contributed by atoms with van der Waals surface area (Å²) >= 11 is 0. The number of ether oxygens (including phenoxy) is 2. The number of esters is 1. The molecular weight excluding hydrogens is 354 g/mol. The van der Waals surface area contributed by atoms with Crippen molar-refractivity contribution in [3.8, 4) is 0 Å². The van der Waals surface area contributed by atoms with Crippen LogP contribution in [0.4, 0.5) is 0 Å². The van der Waals surface area contributed by atoms with Crippen molar-refractivity contribution in [2.75, 3.05) is 19.8 Å². The summed E-state index contributed by atoms with van der Waals surface area (Å²) in [7, 11) is 0. The molecule has 2 unspecified atom stereocenters. The fourth-order valence-electron chi connectivity index (χ4n) is 3.11. The lowest BCUT2D eigenvalue weighted by molar-refractivity contribution is -0.758. The highest BCUT2D eigenvalue weighted by Crippen LogP contribution is 2.35. The molecule has 0 saturated carbocycles. The number of carbonyl (C=O) groups is 1. The van der Waals surface area contributed by atoms with Crippen LogP contribution in [0.5, 0.6) is 0 Å². The number of benzene rings is 1. The Labute approximate surface area is 155 Å². The molecule has 144 valence electrons. The predicted molar refractivity (Wildman–Crippen MR) is 96.7 cm³/mol. The van der Waals surface area contributed by atoms with E-state index in [0.29, 0.717) is 0 Å². The van der Waals surface area contributed by atoms with Crippen LogP contribution in [0, 0.1) is 17.0 Å². The third-order valence-electron chi connectivity index (χ3n) is 4.74. The van der Waals surface area contributed by atoms with Crippen LogP contribution < -0.4 is 0 Å². The number of rotatable bonds is 8. The third kappa shape index (κ3) is 4.11. The van der Waals surface area contributed by atoms with Gasteiger partial charge < -0.3 is 18.7 Å². The van der Waals surface area contributed by atoms with Crippen molar-refractivity contribution < 1.29 is 28.6 Å². The molecule has 0 radical (unpaired) electrons. The first-order valence-corrected chi connectivity index (χ1v) is 8.66. The first kappa shape index (κ1) is 18.9. The molecule has 0 saturated heterocycles. The van der Waals surface area contributed by atoms with E-state index in [0.717, 1.165) is 33.4 Å². The van der Waals surface area contributed by atoms with Gasteiger partial charge in [0.1, 0.15) is 24.7 Å². The second-order valence-corrected chi connectivity index (χ2v) is 6.48. The molecule has 2 heterocycles. The number of hydrogen-bond acceptors (Lipinski definition) is 7. The largest absolute Gasteiger partial charge is 0.465 e. The lowest BCUT2D eigenvalue weighted by Crippen LogP contribution is -2.19. The Morgan fingerprint density at radius 1 is 1.26 bits per heavy atom. The van der Waals surface area contributed by atoms with Crippen LogP contribution in [-0.4, -0.2) is 37.0 Å². The molecule has 3 rings (SSSR count). The molecule has 0 spiro atoms. The minimum atomic E-state index is -0.836. The molecule has 2 atom stereocenters. The number of aryl methyl sites for hydroxylation is 1. The van der Waals surface area contributed by atoms with Crippen molar-refractivity contribution in [2.45, 2.75) is 32.8 Å². The van der Waals surface area contributed by atoms with E-state index in [-0.39, 0.29) is 37.8 Å². The van der Waals surface area contributed by atoms with E-state index in [9.17, 15) is 14.9 Å². The van der Waals surface area contributed by atoms with Crippen molar-refractivity contribution in [3.05, 3.63) is 51.5 Å². The molecule has 8 heteroatoms. The zero-order valence-electron chi connectivity index (χ0n) is 15.4. The van der Waals surface area contributed by atoms with Crippen LogP contribution in [0.3, 0.4) is 0 Å². The predicted octanol–water partition coefficient (Wildman–Crippen LogP) is 3.40. The van der Waals surface area contributed by atoms with Gasteiger partial charge in [0.25, 0.3) is 5.09 Å². The summed E-state index contributed by atoms with van der Waals surface area (Å²) < 4.78 is 16.6. The lowest BCUT2D eigenvalue weighted by atomic mass is 9.97. The van der Waals surface area contributed by atoms with Crippen LogP contribution in [0.25, 0.3) is 16.3 Å². The van der Waals surface area contributed by atoms with Crippen molar-refractivity contribution in [1.82, 2.24) is 0 Å². The van der Waals surface area contributed by atoms with E-state index >= 15 is 0 Å². The molecule has 2 aromatic rings. The minimum absolute atomic E-state index is 0.0572.